The van der Waals surface area contributed by atoms with Crippen LogP contribution in [0.25, 0.3) is 10.2 Å². The van der Waals surface area contributed by atoms with Crippen LogP contribution < -0.4 is 5.73 Å². The van der Waals surface area contributed by atoms with Gasteiger partial charge in [0.2, 0.25) is 5.91 Å². The molecular formula is C21H30N4O3S3. The highest BCUT2D eigenvalue weighted by molar-refractivity contribution is 7.99. The molecule has 10 heteroatoms. The van der Waals surface area contributed by atoms with Crippen LogP contribution in [0.4, 0.5) is 5.82 Å². The number of nitrogen functional groups attached to an aromatic ring is 1. The van der Waals surface area contributed by atoms with Crippen LogP contribution in [0.15, 0.2) is 5.16 Å². The third-order valence-electron chi connectivity index (χ3n) is 6.02. The topological polar surface area (TPSA) is 106 Å². The van der Waals surface area contributed by atoms with Gasteiger partial charge in [-0.1, -0.05) is 32.5 Å². The van der Waals surface area contributed by atoms with Gasteiger partial charge in [0.25, 0.3) is 0 Å². The normalized spacial score (nSPS) is 22.7. The lowest BCUT2D eigenvalue weighted by Gasteiger charge is -2.29. The van der Waals surface area contributed by atoms with E-state index in [0.29, 0.717) is 29.9 Å². The van der Waals surface area contributed by atoms with Crippen LogP contribution >= 0.6 is 23.1 Å². The Bertz CT molecular complexity index is 1100. The molecule has 1 saturated heterocycles. The quantitative estimate of drug-likeness (QED) is 0.498. The van der Waals surface area contributed by atoms with Gasteiger partial charge in [0.15, 0.2) is 15.0 Å². The minimum atomic E-state index is -3.05. The summed E-state index contributed by atoms with van der Waals surface area (Å²) in [5.41, 5.74) is 7.60. The molecule has 1 aliphatic heterocycles. The minimum Gasteiger partial charge on any atom is -0.383 e. The predicted octanol–water partition coefficient (Wildman–Crippen LogP) is 3.16. The molecule has 0 aromatic carbocycles. The molecule has 31 heavy (non-hydrogen) atoms. The summed E-state index contributed by atoms with van der Waals surface area (Å²) in [5, 5.41) is 1.49. The van der Waals surface area contributed by atoms with Crippen molar-refractivity contribution in [1.29, 1.82) is 0 Å². The average Bonchev–Trinajstić information content (AvgIpc) is 3.23. The Hall–Kier alpha value is -1.39. The Morgan fingerprint density at radius 2 is 2.10 bits per heavy atom. The highest BCUT2D eigenvalue weighted by Gasteiger charge is 2.35. The fourth-order valence-electron chi connectivity index (χ4n) is 4.49. The van der Waals surface area contributed by atoms with Crippen molar-refractivity contribution in [3.8, 4) is 0 Å². The third kappa shape index (κ3) is 5.01. The fourth-order valence-corrected chi connectivity index (χ4v) is 8.41. The molecule has 2 N–H and O–H groups in total. The number of hydrogen-bond donors (Lipinski definition) is 1. The maximum Gasteiger partial charge on any atom is 0.233 e. The Morgan fingerprint density at radius 1 is 1.32 bits per heavy atom. The van der Waals surface area contributed by atoms with E-state index >= 15 is 0 Å². The number of amides is 1. The lowest BCUT2D eigenvalue weighted by Crippen LogP contribution is -2.44. The summed E-state index contributed by atoms with van der Waals surface area (Å²) in [4.78, 5) is 26.2. The van der Waals surface area contributed by atoms with Crippen molar-refractivity contribution in [3.05, 3.63) is 10.4 Å². The van der Waals surface area contributed by atoms with Crippen molar-refractivity contribution < 1.29 is 13.2 Å². The number of nitrogens with two attached hydrogens (primary N) is 1. The molecule has 2 aromatic heterocycles. The highest BCUT2D eigenvalue weighted by Crippen LogP contribution is 2.40. The van der Waals surface area contributed by atoms with Crippen molar-refractivity contribution in [3.63, 3.8) is 0 Å². The molecular weight excluding hydrogens is 452 g/mol. The van der Waals surface area contributed by atoms with E-state index in [1.807, 2.05) is 13.8 Å². The van der Waals surface area contributed by atoms with Crippen molar-refractivity contribution in [2.24, 2.45) is 11.8 Å². The first kappa shape index (κ1) is 22.8. The van der Waals surface area contributed by atoms with Gasteiger partial charge in [0.05, 0.1) is 22.6 Å². The largest absolute Gasteiger partial charge is 0.383 e. The number of thioether (sulfide) groups is 1. The predicted molar refractivity (Wildman–Crippen MR) is 127 cm³/mol. The van der Waals surface area contributed by atoms with E-state index in [1.54, 1.807) is 16.2 Å². The Balaban J connectivity index is 1.50. The smallest absolute Gasteiger partial charge is 0.233 e. The average molecular weight is 483 g/mol. The third-order valence-corrected chi connectivity index (χ3v) is 9.75. The molecule has 170 valence electrons. The summed E-state index contributed by atoms with van der Waals surface area (Å²) in [6.45, 7) is 6.90. The van der Waals surface area contributed by atoms with Crippen LogP contribution in [0, 0.1) is 11.8 Å². The summed E-state index contributed by atoms with van der Waals surface area (Å²) < 4.78 is 23.8. The molecule has 0 spiro atoms. The second-order valence-corrected chi connectivity index (χ2v) is 13.5. The van der Waals surface area contributed by atoms with Crippen LogP contribution in [0.2, 0.25) is 0 Å². The molecule has 7 nitrogen and oxygen atoms in total. The van der Waals surface area contributed by atoms with Gasteiger partial charge in [-0.25, -0.2) is 18.4 Å². The second-order valence-electron chi connectivity index (χ2n) is 9.21. The van der Waals surface area contributed by atoms with Gasteiger partial charge in [-0.05, 0) is 43.1 Å². The summed E-state index contributed by atoms with van der Waals surface area (Å²) in [5.74, 6) is 1.76. The van der Waals surface area contributed by atoms with Crippen molar-refractivity contribution in [2.45, 2.75) is 57.7 Å². The van der Waals surface area contributed by atoms with E-state index in [4.69, 9.17) is 10.7 Å². The molecule has 2 aromatic rings. The van der Waals surface area contributed by atoms with Gasteiger partial charge < -0.3 is 10.6 Å². The van der Waals surface area contributed by atoms with Crippen LogP contribution in [-0.4, -0.2) is 59.0 Å². The first-order chi connectivity index (χ1) is 14.6. The molecule has 2 aliphatic rings. The number of aromatic nitrogens is 2. The standard InChI is InChI=1S/C21H30N4O3S3/c1-12(2)9-25(14-6-7-31(27,28)11-14)17(26)10-29-21-23-19(22)18-15-5-4-13(3)8-16(15)30-20(18)24-21/h12-14H,4-11H2,1-3H3,(H2,22,23,24). The van der Waals surface area contributed by atoms with Crippen LogP contribution in [0.5, 0.6) is 0 Å². The lowest BCUT2D eigenvalue weighted by molar-refractivity contribution is -0.130. The second kappa shape index (κ2) is 8.86. The number of aryl methyl sites for hydroxylation is 1. The number of carbonyl (C=O) groups excluding carboxylic acids is 1. The number of nitrogens with zero attached hydrogens (tertiary/aromatic N) is 3. The fraction of sp³-hybridized carbons (Fsp3) is 0.667. The van der Waals surface area contributed by atoms with Gasteiger partial charge in [-0.2, -0.15) is 0 Å². The maximum absolute atomic E-state index is 13.0. The summed E-state index contributed by atoms with van der Waals surface area (Å²) in [7, 11) is -3.05. The van der Waals surface area contributed by atoms with Gasteiger partial charge >= 0.3 is 0 Å². The number of fused-ring (bicyclic) bond motifs is 3. The molecule has 0 bridgehead atoms. The number of hydrogen-bond acceptors (Lipinski definition) is 8. The molecule has 1 amide bonds. The van der Waals surface area contributed by atoms with E-state index in [1.165, 1.54) is 22.2 Å². The highest BCUT2D eigenvalue weighted by atomic mass is 32.2. The molecule has 1 fully saturated rings. The molecule has 1 aliphatic carbocycles. The SMILES string of the molecule is CC(C)CN(C(=O)CSc1nc(N)c2c3c(sc2n1)CC(C)CC3)C1CCS(=O)(=O)C1. The van der Waals surface area contributed by atoms with Gasteiger partial charge in [-0.3, -0.25) is 4.79 Å². The first-order valence-electron chi connectivity index (χ1n) is 10.8. The number of sulfone groups is 1. The number of anilines is 1. The van der Waals surface area contributed by atoms with E-state index in [0.717, 1.165) is 29.5 Å². The number of carbonyl (C=O) groups is 1. The molecule has 0 saturated carbocycles. The molecule has 2 atom stereocenters. The van der Waals surface area contributed by atoms with Crippen LogP contribution in [0.1, 0.15) is 44.1 Å². The van der Waals surface area contributed by atoms with Gasteiger partial charge in [-0.15, -0.1) is 11.3 Å². The molecule has 2 unspecified atom stereocenters. The maximum atomic E-state index is 13.0. The van der Waals surface area contributed by atoms with E-state index in [-0.39, 0.29) is 35.1 Å². The van der Waals surface area contributed by atoms with Crippen molar-refractivity contribution >= 4 is 54.9 Å². The van der Waals surface area contributed by atoms with Gasteiger partial charge in [0, 0.05) is 17.5 Å². The molecule has 3 heterocycles. The summed E-state index contributed by atoms with van der Waals surface area (Å²) in [6, 6.07) is -0.236. The first-order valence-corrected chi connectivity index (χ1v) is 14.5. The molecule has 4 rings (SSSR count). The lowest BCUT2D eigenvalue weighted by atomic mass is 9.89. The zero-order chi connectivity index (χ0) is 22.3. The Labute approximate surface area is 192 Å². The van der Waals surface area contributed by atoms with E-state index in [9.17, 15) is 13.2 Å². The zero-order valence-electron chi connectivity index (χ0n) is 18.3. The van der Waals surface area contributed by atoms with E-state index < -0.39 is 9.84 Å². The zero-order valence-corrected chi connectivity index (χ0v) is 20.7. The minimum absolute atomic E-state index is 0.0602. The summed E-state index contributed by atoms with van der Waals surface area (Å²) in [6.07, 6.45) is 3.75. The van der Waals surface area contributed by atoms with Crippen molar-refractivity contribution in [2.75, 3.05) is 29.5 Å². The Kier molecular flexibility index (Phi) is 6.52. The molecule has 0 radical (unpaired) electrons. The van der Waals surface area contributed by atoms with Crippen molar-refractivity contribution in [1.82, 2.24) is 14.9 Å². The van der Waals surface area contributed by atoms with Gasteiger partial charge in [0.1, 0.15) is 10.6 Å². The van der Waals surface area contributed by atoms with Crippen LogP contribution in [-0.2, 0) is 27.5 Å². The number of rotatable bonds is 6. The summed E-state index contributed by atoms with van der Waals surface area (Å²) >= 11 is 2.98. The van der Waals surface area contributed by atoms with E-state index in [2.05, 4.69) is 11.9 Å². The Morgan fingerprint density at radius 3 is 2.77 bits per heavy atom. The van der Waals surface area contributed by atoms with Crippen LogP contribution in [0.3, 0.4) is 0 Å². The monoisotopic (exact) mass is 482 g/mol. The number of thiophene rings is 1.